The number of carbonyl (C=O) groups is 1. The monoisotopic (exact) mass is 320 g/mol. The number of hydrogen-bond donors (Lipinski definition) is 1. The summed E-state index contributed by atoms with van der Waals surface area (Å²) in [6.45, 7) is 3.54. The van der Waals surface area contributed by atoms with Crippen LogP contribution >= 0.6 is 0 Å². The van der Waals surface area contributed by atoms with Gasteiger partial charge in [0.1, 0.15) is 0 Å². The van der Waals surface area contributed by atoms with Gasteiger partial charge in [0.2, 0.25) is 5.89 Å². The van der Waals surface area contributed by atoms with E-state index in [2.05, 4.69) is 20.4 Å². The molecule has 1 N–H and O–H groups in total. The molecule has 7 nitrogen and oxygen atoms in total. The van der Waals surface area contributed by atoms with E-state index in [0.717, 1.165) is 57.9 Å². The zero-order chi connectivity index (χ0) is 15.6. The maximum absolute atomic E-state index is 12.0. The van der Waals surface area contributed by atoms with Crippen molar-refractivity contribution in [3.05, 3.63) is 11.7 Å². The second-order valence-electron chi connectivity index (χ2n) is 6.92. The molecule has 23 heavy (non-hydrogen) atoms. The van der Waals surface area contributed by atoms with Crippen LogP contribution in [0.15, 0.2) is 4.52 Å². The van der Waals surface area contributed by atoms with Crippen LogP contribution in [0.2, 0.25) is 0 Å². The van der Waals surface area contributed by atoms with Gasteiger partial charge in [0.05, 0.1) is 12.6 Å². The van der Waals surface area contributed by atoms with E-state index in [1.54, 1.807) is 0 Å². The van der Waals surface area contributed by atoms with Gasteiger partial charge < -0.3 is 14.6 Å². The van der Waals surface area contributed by atoms with Gasteiger partial charge in [-0.1, -0.05) is 5.16 Å². The Hall–Kier alpha value is -1.47. The Kier molecular flexibility index (Phi) is 4.31. The van der Waals surface area contributed by atoms with Gasteiger partial charge in [-0.2, -0.15) is 4.98 Å². The summed E-state index contributed by atoms with van der Waals surface area (Å²) in [5.41, 5.74) is 0. The minimum atomic E-state index is -0.222. The molecule has 0 unspecified atom stereocenters. The Bertz CT molecular complexity index is 553. The fourth-order valence-electron chi connectivity index (χ4n) is 3.03. The van der Waals surface area contributed by atoms with Crippen LogP contribution in [0.3, 0.4) is 0 Å². The molecule has 1 amide bonds. The largest absolute Gasteiger partial charge is 0.380 e. The molecule has 2 aliphatic carbocycles. The quantitative estimate of drug-likeness (QED) is 0.732. The lowest BCUT2D eigenvalue weighted by Crippen LogP contribution is -2.28. The first kappa shape index (κ1) is 15.1. The number of nitrogens with one attached hydrogen (secondary N) is 1. The summed E-state index contributed by atoms with van der Waals surface area (Å²) in [7, 11) is 0. The molecule has 7 heteroatoms. The summed E-state index contributed by atoms with van der Waals surface area (Å²) in [6.07, 6.45) is 6.84. The topological polar surface area (TPSA) is 80.5 Å². The van der Waals surface area contributed by atoms with Crippen molar-refractivity contribution in [3.8, 4) is 0 Å². The van der Waals surface area contributed by atoms with Crippen LogP contribution in [-0.4, -0.2) is 53.3 Å². The minimum absolute atomic E-state index is 0.120. The van der Waals surface area contributed by atoms with Crippen LogP contribution in [0.1, 0.15) is 61.1 Å². The molecule has 0 bridgehead atoms. The fourth-order valence-corrected chi connectivity index (χ4v) is 3.03. The van der Waals surface area contributed by atoms with E-state index in [1.807, 2.05) is 0 Å². The summed E-state index contributed by atoms with van der Waals surface area (Å²) >= 11 is 0. The van der Waals surface area contributed by atoms with Crippen LogP contribution in [0, 0.1) is 5.92 Å². The van der Waals surface area contributed by atoms with Crippen molar-refractivity contribution in [2.45, 2.75) is 50.6 Å². The van der Waals surface area contributed by atoms with Crippen molar-refractivity contribution in [3.63, 3.8) is 0 Å². The Balaban J connectivity index is 1.30. The van der Waals surface area contributed by atoms with Gasteiger partial charge in [0, 0.05) is 19.2 Å². The van der Waals surface area contributed by atoms with Gasteiger partial charge in [-0.15, -0.1) is 0 Å². The van der Waals surface area contributed by atoms with E-state index in [4.69, 9.17) is 9.26 Å². The van der Waals surface area contributed by atoms with Crippen LogP contribution in [0.5, 0.6) is 0 Å². The first-order chi connectivity index (χ1) is 11.3. The molecule has 1 aromatic heterocycles. The normalized spacial score (nSPS) is 25.0. The molecule has 0 spiro atoms. The molecule has 3 fully saturated rings. The van der Waals surface area contributed by atoms with Crippen molar-refractivity contribution in [1.82, 2.24) is 20.4 Å². The molecular formula is C16H24N4O3. The van der Waals surface area contributed by atoms with Crippen molar-refractivity contribution in [2.75, 3.05) is 26.3 Å². The Labute approximate surface area is 135 Å². The molecule has 0 radical (unpaired) electrons. The molecule has 0 aromatic carbocycles. The summed E-state index contributed by atoms with van der Waals surface area (Å²) in [6, 6.07) is 0.422. The summed E-state index contributed by atoms with van der Waals surface area (Å²) in [5, 5.41) is 6.73. The summed E-state index contributed by atoms with van der Waals surface area (Å²) < 4.78 is 11.1. The standard InChI is InChI=1S/C16H24N4O3/c21-15(17-12-5-6-12)14-18-16(23-19-14)13-2-1-7-20(13)8-9-22-10-11-3-4-11/h11-13H,1-10H2,(H,17,21)/t13-/m0/s1. The number of ether oxygens (including phenoxy) is 1. The molecule has 1 saturated heterocycles. The molecule has 4 rings (SSSR count). The zero-order valence-corrected chi connectivity index (χ0v) is 13.4. The molecule has 2 saturated carbocycles. The van der Waals surface area contributed by atoms with E-state index in [1.165, 1.54) is 12.8 Å². The van der Waals surface area contributed by atoms with Crippen molar-refractivity contribution < 1.29 is 14.1 Å². The molecular weight excluding hydrogens is 296 g/mol. The van der Waals surface area contributed by atoms with E-state index in [0.29, 0.717) is 11.9 Å². The lowest BCUT2D eigenvalue weighted by atomic mass is 10.2. The second-order valence-corrected chi connectivity index (χ2v) is 6.92. The highest BCUT2D eigenvalue weighted by molar-refractivity contribution is 5.90. The van der Waals surface area contributed by atoms with Gasteiger partial charge in [0.15, 0.2) is 0 Å². The Morgan fingerprint density at radius 2 is 2.17 bits per heavy atom. The highest BCUT2D eigenvalue weighted by atomic mass is 16.5. The molecule has 1 aliphatic heterocycles. The number of carbonyl (C=O) groups excluding carboxylic acids is 1. The second kappa shape index (κ2) is 6.57. The molecule has 1 aromatic rings. The number of amides is 1. The SMILES string of the molecule is O=C(NC1CC1)c1noc([C@@H]2CCCN2CCOCC2CC2)n1. The van der Waals surface area contributed by atoms with Crippen molar-refractivity contribution in [2.24, 2.45) is 5.92 Å². The highest BCUT2D eigenvalue weighted by Crippen LogP contribution is 2.31. The van der Waals surface area contributed by atoms with Crippen LogP contribution in [0.25, 0.3) is 0 Å². The Morgan fingerprint density at radius 3 is 2.96 bits per heavy atom. The van der Waals surface area contributed by atoms with E-state index < -0.39 is 0 Å². The average molecular weight is 320 g/mol. The first-order valence-electron chi connectivity index (χ1n) is 8.76. The van der Waals surface area contributed by atoms with Crippen LogP contribution < -0.4 is 5.32 Å². The zero-order valence-electron chi connectivity index (χ0n) is 13.4. The molecule has 1 atom stereocenters. The third-order valence-electron chi connectivity index (χ3n) is 4.78. The minimum Gasteiger partial charge on any atom is -0.380 e. The average Bonchev–Trinajstić information content (AvgIpc) is 3.44. The number of rotatable bonds is 8. The highest BCUT2D eigenvalue weighted by Gasteiger charge is 2.32. The van der Waals surface area contributed by atoms with Crippen LogP contribution in [0.4, 0.5) is 0 Å². The van der Waals surface area contributed by atoms with Gasteiger partial charge >= 0.3 is 0 Å². The van der Waals surface area contributed by atoms with Crippen LogP contribution in [-0.2, 0) is 4.74 Å². The lowest BCUT2D eigenvalue weighted by Gasteiger charge is -2.21. The number of hydrogen-bond acceptors (Lipinski definition) is 6. The maximum atomic E-state index is 12.0. The number of nitrogens with zero attached hydrogens (tertiary/aromatic N) is 3. The number of aromatic nitrogens is 2. The summed E-state index contributed by atoms with van der Waals surface area (Å²) in [4.78, 5) is 18.6. The van der Waals surface area contributed by atoms with Crippen molar-refractivity contribution in [1.29, 1.82) is 0 Å². The van der Waals surface area contributed by atoms with E-state index in [9.17, 15) is 4.79 Å². The van der Waals surface area contributed by atoms with Gasteiger partial charge in [-0.3, -0.25) is 9.69 Å². The predicted molar refractivity (Wildman–Crippen MR) is 81.9 cm³/mol. The molecule has 3 aliphatic rings. The first-order valence-corrected chi connectivity index (χ1v) is 8.76. The Morgan fingerprint density at radius 1 is 1.30 bits per heavy atom. The third-order valence-corrected chi connectivity index (χ3v) is 4.78. The third kappa shape index (κ3) is 3.90. The van der Waals surface area contributed by atoms with Crippen molar-refractivity contribution >= 4 is 5.91 Å². The molecule has 126 valence electrons. The summed E-state index contributed by atoms with van der Waals surface area (Å²) in [5.74, 6) is 1.29. The maximum Gasteiger partial charge on any atom is 0.292 e. The van der Waals surface area contributed by atoms with Gasteiger partial charge in [-0.25, -0.2) is 0 Å². The van der Waals surface area contributed by atoms with Gasteiger partial charge in [0.25, 0.3) is 11.7 Å². The number of likely N-dealkylation sites (tertiary alicyclic amines) is 1. The molecule has 2 heterocycles. The van der Waals surface area contributed by atoms with E-state index in [-0.39, 0.29) is 17.8 Å². The van der Waals surface area contributed by atoms with Gasteiger partial charge in [-0.05, 0) is 51.0 Å². The smallest absolute Gasteiger partial charge is 0.292 e. The predicted octanol–water partition coefficient (Wildman–Crippen LogP) is 1.53. The van der Waals surface area contributed by atoms with E-state index >= 15 is 0 Å². The fraction of sp³-hybridized carbons (Fsp3) is 0.812. The lowest BCUT2D eigenvalue weighted by molar-refractivity contribution is 0.0871.